The van der Waals surface area contributed by atoms with Gasteiger partial charge in [-0.25, -0.2) is 8.42 Å². The highest BCUT2D eigenvalue weighted by Gasteiger charge is 2.41. The van der Waals surface area contributed by atoms with Gasteiger partial charge in [-0.05, 0) is 24.3 Å². The van der Waals surface area contributed by atoms with E-state index in [0.29, 0.717) is 0 Å². The van der Waals surface area contributed by atoms with Crippen LogP contribution in [-0.2, 0) is 24.1 Å². The van der Waals surface area contributed by atoms with E-state index in [-0.39, 0.29) is 10.7 Å². The van der Waals surface area contributed by atoms with Gasteiger partial charge in [0.2, 0.25) is 14.2 Å². The van der Waals surface area contributed by atoms with E-state index in [1.54, 1.807) is 18.2 Å². The predicted molar refractivity (Wildman–Crippen MR) is 78.5 cm³/mol. The van der Waals surface area contributed by atoms with Gasteiger partial charge in [0, 0.05) is 6.20 Å². The Kier molecular flexibility index (Phi) is 4.05. The van der Waals surface area contributed by atoms with Crippen molar-refractivity contribution >= 4 is 31.6 Å². The predicted octanol–water partition coefficient (Wildman–Crippen LogP) is 1.33. The third-order valence-corrected chi connectivity index (χ3v) is 5.83. The van der Waals surface area contributed by atoms with Gasteiger partial charge in [-0.1, -0.05) is 29.8 Å². The van der Waals surface area contributed by atoms with Gasteiger partial charge in [0.1, 0.15) is 0 Å². The first-order chi connectivity index (χ1) is 9.64. The highest BCUT2D eigenvalue weighted by molar-refractivity contribution is 7.94. The lowest BCUT2D eigenvalue weighted by Gasteiger charge is -2.27. The smallest absolute Gasteiger partial charge is 0.306 e. The van der Waals surface area contributed by atoms with Crippen molar-refractivity contribution in [1.29, 1.82) is 0 Å². The molecule has 0 fully saturated rings. The molecule has 0 aromatic heterocycles. The number of nitrogens with one attached hydrogen (secondary N) is 1. The number of rotatable bonds is 4. The molecule has 0 amide bonds. The molecule has 0 aliphatic carbocycles. The zero-order chi connectivity index (χ0) is 15.7. The van der Waals surface area contributed by atoms with Crippen molar-refractivity contribution in [1.82, 2.24) is 5.32 Å². The fraction of sp³-hybridized carbons (Fsp3) is 0.167. The van der Waals surface area contributed by atoms with Gasteiger partial charge < -0.3 is 9.50 Å². The van der Waals surface area contributed by atoms with Crippen LogP contribution in [0.4, 0.5) is 0 Å². The minimum Gasteiger partial charge on any atom is -0.381 e. The largest absolute Gasteiger partial charge is 0.381 e. The van der Waals surface area contributed by atoms with Crippen LogP contribution in [0.1, 0.15) is 0 Å². The van der Waals surface area contributed by atoms with Crippen LogP contribution in [0.2, 0.25) is 0 Å². The van der Waals surface area contributed by atoms with E-state index in [4.69, 9.17) is 11.6 Å². The summed E-state index contributed by atoms with van der Waals surface area (Å²) in [5.41, 5.74) is 0. The minimum absolute atomic E-state index is 0.0398. The van der Waals surface area contributed by atoms with Gasteiger partial charge in [-0.2, -0.15) is 8.42 Å². The maximum absolute atomic E-state index is 12.5. The molecule has 21 heavy (non-hydrogen) atoms. The second-order valence-electron chi connectivity index (χ2n) is 4.27. The summed E-state index contributed by atoms with van der Waals surface area (Å²) in [5.74, 6) is -0.0583. The summed E-state index contributed by atoms with van der Waals surface area (Å²) in [6.07, 6.45) is 4.28. The number of dihydropyridines is 1. The Hall–Kier alpha value is -1.51. The molecule has 1 aromatic carbocycles. The van der Waals surface area contributed by atoms with E-state index in [1.165, 1.54) is 18.2 Å². The van der Waals surface area contributed by atoms with Crippen LogP contribution >= 0.6 is 11.6 Å². The molecular formula is C12H12ClNO5S2. The average molecular weight is 350 g/mol. The van der Waals surface area contributed by atoms with E-state index in [1.807, 2.05) is 0 Å². The number of allylic oxidation sites excluding steroid dienone is 1. The van der Waals surface area contributed by atoms with Crippen LogP contribution in [0.15, 0.2) is 59.3 Å². The molecule has 1 unspecified atom stereocenters. The summed E-state index contributed by atoms with van der Waals surface area (Å²) < 4.78 is 49.7. The summed E-state index contributed by atoms with van der Waals surface area (Å²) in [7, 11) is -7.61. The quantitative estimate of drug-likeness (QED) is 0.501. The van der Waals surface area contributed by atoms with Gasteiger partial charge in [-0.3, -0.25) is 0 Å². The lowest BCUT2D eigenvalue weighted by molar-refractivity contribution is 0.418. The monoisotopic (exact) mass is 349 g/mol. The van der Waals surface area contributed by atoms with E-state index < -0.39 is 24.3 Å². The second kappa shape index (κ2) is 5.36. The lowest BCUT2D eigenvalue weighted by atomic mass is 10.3. The molecule has 0 spiro atoms. The summed E-state index contributed by atoms with van der Waals surface area (Å²) in [6.45, 7) is 0. The molecule has 6 nitrogen and oxygen atoms in total. The molecule has 1 N–H and O–H groups in total. The fourth-order valence-electron chi connectivity index (χ4n) is 1.62. The summed E-state index contributed by atoms with van der Waals surface area (Å²) in [4.78, 5) is 0.0398. The van der Waals surface area contributed by atoms with Gasteiger partial charge in [0.15, 0.2) is 5.76 Å². The minimum atomic E-state index is -3.91. The molecular weight excluding hydrogens is 338 g/mol. The van der Waals surface area contributed by atoms with Crippen molar-refractivity contribution in [2.24, 2.45) is 0 Å². The fourth-order valence-corrected chi connectivity index (χ4v) is 3.78. The second-order valence-corrected chi connectivity index (χ2v) is 8.79. The van der Waals surface area contributed by atoms with Crippen LogP contribution in [0.5, 0.6) is 0 Å². The van der Waals surface area contributed by atoms with Gasteiger partial charge in [0.25, 0.3) is 0 Å². The zero-order valence-electron chi connectivity index (χ0n) is 10.9. The van der Waals surface area contributed by atoms with Crippen molar-refractivity contribution in [3.05, 3.63) is 54.4 Å². The van der Waals surface area contributed by atoms with Crippen LogP contribution in [0.3, 0.4) is 0 Å². The molecule has 1 aromatic rings. The Labute approximate surface area is 128 Å². The summed E-state index contributed by atoms with van der Waals surface area (Å²) >= 11 is 6.10. The van der Waals surface area contributed by atoms with E-state index in [2.05, 4.69) is 9.50 Å². The summed E-state index contributed by atoms with van der Waals surface area (Å²) in [5, 5.41) is 2.45. The highest BCUT2D eigenvalue weighted by atomic mass is 35.5. The molecule has 9 heteroatoms. The first-order valence-electron chi connectivity index (χ1n) is 5.69. The highest BCUT2D eigenvalue weighted by Crippen LogP contribution is 2.31. The average Bonchev–Trinajstić information content (AvgIpc) is 2.41. The topological polar surface area (TPSA) is 89.5 Å². The molecule has 0 saturated heterocycles. The first kappa shape index (κ1) is 15.9. The molecule has 1 aliphatic rings. The van der Waals surface area contributed by atoms with Crippen molar-refractivity contribution < 1.29 is 21.0 Å². The van der Waals surface area contributed by atoms with Crippen LogP contribution in [-0.4, -0.2) is 27.4 Å². The molecule has 1 heterocycles. The SMILES string of the molecule is CS(=O)(=O)OC1=CNC(Cl)(S(=O)(=O)c2ccccc2)C=C1. The Morgan fingerprint density at radius 2 is 1.76 bits per heavy atom. The molecule has 114 valence electrons. The number of hydrogen-bond acceptors (Lipinski definition) is 6. The van der Waals surface area contributed by atoms with Crippen molar-refractivity contribution in [2.75, 3.05) is 6.26 Å². The van der Waals surface area contributed by atoms with Crippen molar-refractivity contribution in [3.63, 3.8) is 0 Å². The van der Waals surface area contributed by atoms with E-state index in [0.717, 1.165) is 18.5 Å². The molecule has 0 saturated carbocycles. The standard InChI is InChI=1S/C12H12ClNO5S2/c1-20(15,16)19-10-7-8-12(13,14-9-10)21(17,18)11-5-3-2-4-6-11/h2-9,14H,1H3. The van der Waals surface area contributed by atoms with Gasteiger partial charge in [-0.15, -0.1) is 0 Å². The number of sulfone groups is 1. The number of hydrogen-bond donors (Lipinski definition) is 1. The third-order valence-electron chi connectivity index (χ3n) is 2.57. The van der Waals surface area contributed by atoms with Crippen molar-refractivity contribution in [2.45, 2.75) is 9.23 Å². The third kappa shape index (κ3) is 3.39. The van der Waals surface area contributed by atoms with E-state index in [9.17, 15) is 16.8 Å². The molecule has 1 atom stereocenters. The van der Waals surface area contributed by atoms with E-state index >= 15 is 0 Å². The van der Waals surface area contributed by atoms with Gasteiger partial charge >= 0.3 is 10.1 Å². The molecule has 0 bridgehead atoms. The Morgan fingerprint density at radius 1 is 1.14 bits per heavy atom. The Balaban J connectivity index is 2.30. The van der Waals surface area contributed by atoms with Crippen LogP contribution in [0, 0.1) is 0 Å². The number of benzene rings is 1. The van der Waals surface area contributed by atoms with Crippen LogP contribution in [0.25, 0.3) is 0 Å². The number of alkyl halides is 1. The first-order valence-corrected chi connectivity index (χ1v) is 9.37. The number of halogens is 1. The van der Waals surface area contributed by atoms with Gasteiger partial charge in [0.05, 0.1) is 11.2 Å². The lowest BCUT2D eigenvalue weighted by Crippen LogP contribution is -2.44. The van der Waals surface area contributed by atoms with Crippen molar-refractivity contribution in [3.8, 4) is 0 Å². The maximum Gasteiger partial charge on any atom is 0.306 e. The molecule has 1 aliphatic heterocycles. The Morgan fingerprint density at radius 3 is 2.24 bits per heavy atom. The summed E-state index contributed by atoms with van der Waals surface area (Å²) in [6, 6.07) is 7.67. The van der Waals surface area contributed by atoms with Crippen LogP contribution < -0.4 is 5.32 Å². The maximum atomic E-state index is 12.5. The zero-order valence-corrected chi connectivity index (χ0v) is 13.2. The Bertz CT molecular complexity index is 799. The normalized spacial score (nSPS) is 22.3. The molecule has 0 radical (unpaired) electrons. The molecule has 2 rings (SSSR count).